The van der Waals surface area contributed by atoms with Crippen molar-refractivity contribution in [2.45, 2.75) is 0 Å². The van der Waals surface area contributed by atoms with Crippen LogP contribution in [0.5, 0.6) is 0 Å². The molecule has 4 heterocycles. The lowest BCUT2D eigenvalue weighted by atomic mass is 10.00. The van der Waals surface area contributed by atoms with Crippen molar-refractivity contribution in [1.82, 2.24) is 19.5 Å². The second-order valence-corrected chi connectivity index (χ2v) is 15.4. The van der Waals surface area contributed by atoms with Crippen LogP contribution in [0.25, 0.3) is 115 Å². The van der Waals surface area contributed by atoms with Crippen LogP contribution in [0.3, 0.4) is 0 Å². The lowest BCUT2D eigenvalue weighted by Gasteiger charge is -2.09. The monoisotopic (exact) mass is 746 g/mol. The van der Waals surface area contributed by atoms with E-state index in [1.807, 2.05) is 59.9 Å². The van der Waals surface area contributed by atoms with Crippen molar-refractivity contribution in [3.63, 3.8) is 0 Å². The van der Waals surface area contributed by atoms with Gasteiger partial charge in [0.25, 0.3) is 0 Å². The molecule has 0 N–H and O–H groups in total. The molecule has 0 atom stereocenters. The van der Waals surface area contributed by atoms with E-state index in [9.17, 15) is 0 Å². The smallest absolute Gasteiger partial charge is 0.165 e. The largest absolute Gasteiger partial charge is 0.455 e. The molecule has 5 nitrogen and oxygen atoms in total. The lowest BCUT2D eigenvalue weighted by molar-refractivity contribution is 0.670. The van der Waals surface area contributed by atoms with Gasteiger partial charge in [-0.3, -0.25) is 0 Å². The van der Waals surface area contributed by atoms with Crippen LogP contribution < -0.4 is 0 Å². The molecule has 8 aromatic carbocycles. The lowest BCUT2D eigenvalue weighted by Crippen LogP contribution is -2.00. The Balaban J connectivity index is 1.13. The molecule has 0 unspecified atom stereocenters. The first-order valence-electron chi connectivity index (χ1n) is 19.0. The Bertz CT molecular complexity index is 3460. The highest BCUT2D eigenvalue weighted by atomic mass is 32.1. The molecule has 0 saturated heterocycles. The van der Waals surface area contributed by atoms with E-state index in [1.54, 1.807) is 0 Å². The van der Waals surface area contributed by atoms with Crippen molar-refractivity contribution in [3.8, 4) is 51.0 Å². The minimum absolute atomic E-state index is 0.651. The number of hydrogen-bond donors (Lipinski definition) is 0. The molecule has 0 amide bonds. The van der Waals surface area contributed by atoms with E-state index >= 15 is 0 Å². The van der Waals surface area contributed by atoms with Gasteiger partial charge in [-0.25, -0.2) is 15.0 Å². The van der Waals surface area contributed by atoms with Crippen LogP contribution in [0.2, 0.25) is 0 Å². The highest BCUT2D eigenvalue weighted by Crippen LogP contribution is 2.47. The molecule has 0 aliphatic carbocycles. The summed E-state index contributed by atoms with van der Waals surface area (Å²) in [5.74, 6) is 1.96. The van der Waals surface area contributed by atoms with Gasteiger partial charge in [0.2, 0.25) is 0 Å². The maximum atomic E-state index is 6.53. The van der Waals surface area contributed by atoms with Crippen molar-refractivity contribution in [3.05, 3.63) is 182 Å². The Labute approximate surface area is 330 Å². The summed E-state index contributed by atoms with van der Waals surface area (Å²) in [6, 6.07) is 63.6. The zero-order chi connectivity index (χ0) is 37.5. The van der Waals surface area contributed by atoms with E-state index in [-0.39, 0.29) is 0 Å². The number of benzene rings is 8. The number of fused-ring (bicyclic) bond motifs is 10. The molecule has 6 heteroatoms. The topological polar surface area (TPSA) is 56.7 Å². The van der Waals surface area contributed by atoms with Crippen molar-refractivity contribution < 1.29 is 4.42 Å². The van der Waals surface area contributed by atoms with Gasteiger partial charge in [-0.1, -0.05) is 140 Å². The van der Waals surface area contributed by atoms with Crippen molar-refractivity contribution in [2.75, 3.05) is 0 Å². The van der Waals surface area contributed by atoms with E-state index in [2.05, 4.69) is 138 Å². The molecular weight excluding hydrogens is 717 g/mol. The molecule has 12 aromatic rings. The van der Waals surface area contributed by atoms with E-state index in [1.165, 1.54) is 26.2 Å². The van der Waals surface area contributed by atoms with Gasteiger partial charge in [0.15, 0.2) is 17.5 Å². The van der Waals surface area contributed by atoms with Gasteiger partial charge in [0.05, 0.1) is 11.0 Å². The SMILES string of the molecule is c1ccc(-c2nc(-c3ccccc3)nc(-c3cccc4c3sc3c4ccc4c3c3cc(-c5cccc6c5oc5ccccc56)ccc3n4-c3ccccc3)n2)cc1. The predicted molar refractivity (Wildman–Crippen MR) is 236 cm³/mol. The van der Waals surface area contributed by atoms with Gasteiger partial charge >= 0.3 is 0 Å². The van der Waals surface area contributed by atoms with Crippen LogP contribution in [0, 0.1) is 0 Å². The van der Waals surface area contributed by atoms with Crippen LogP contribution in [0.1, 0.15) is 0 Å². The van der Waals surface area contributed by atoms with E-state index in [0.29, 0.717) is 17.5 Å². The maximum Gasteiger partial charge on any atom is 0.165 e. The molecule has 12 rings (SSSR count). The van der Waals surface area contributed by atoms with E-state index in [0.717, 1.165) is 71.2 Å². The fraction of sp³-hybridized carbons (Fsp3) is 0. The van der Waals surface area contributed by atoms with Crippen molar-refractivity contribution >= 4 is 75.3 Å². The number of hydrogen-bond acceptors (Lipinski definition) is 5. The average Bonchev–Trinajstić information content (AvgIpc) is 3.96. The van der Waals surface area contributed by atoms with E-state index < -0.39 is 0 Å². The minimum atomic E-state index is 0.651. The molecule has 266 valence electrons. The summed E-state index contributed by atoms with van der Waals surface area (Å²) in [6.07, 6.45) is 0. The molecule has 0 aliphatic heterocycles. The molecule has 0 bridgehead atoms. The quantitative estimate of drug-likeness (QED) is 0.176. The Hall–Kier alpha value is -7.41. The molecule has 0 saturated carbocycles. The van der Waals surface area contributed by atoms with Crippen LogP contribution in [-0.2, 0) is 0 Å². The number of furan rings is 1. The van der Waals surface area contributed by atoms with Gasteiger partial charge in [-0.2, -0.15) is 0 Å². The second-order valence-electron chi connectivity index (χ2n) is 14.3. The summed E-state index contributed by atoms with van der Waals surface area (Å²) in [4.78, 5) is 15.2. The normalized spacial score (nSPS) is 11.9. The standard InChI is InChI=1S/C51H30N4OS/c1-4-14-31(15-5-1)49-52-50(32-16-6-2-7-17-32)54-51(53-49)40-24-13-23-38-39-27-29-43-45(48(39)57-47(38)40)41-30-33(26-28-42(41)55(43)34-18-8-3-9-19-34)35-21-12-22-37-36-20-10-11-25-44(36)56-46(35)37/h1-30H. The number of nitrogens with zero attached hydrogens (tertiary/aromatic N) is 4. The summed E-state index contributed by atoms with van der Waals surface area (Å²) in [6.45, 7) is 0. The third-order valence-corrected chi connectivity index (χ3v) is 12.3. The fourth-order valence-corrected chi connectivity index (χ4v) is 9.83. The summed E-state index contributed by atoms with van der Waals surface area (Å²) in [7, 11) is 0. The van der Waals surface area contributed by atoms with Gasteiger partial charge < -0.3 is 8.98 Å². The first kappa shape index (κ1) is 31.9. The highest BCUT2D eigenvalue weighted by molar-refractivity contribution is 7.27. The van der Waals surface area contributed by atoms with Crippen LogP contribution >= 0.6 is 11.3 Å². The first-order chi connectivity index (χ1) is 28.3. The Morgan fingerprint density at radius 2 is 1.00 bits per heavy atom. The zero-order valence-corrected chi connectivity index (χ0v) is 31.2. The summed E-state index contributed by atoms with van der Waals surface area (Å²) < 4.78 is 11.3. The fourth-order valence-electron chi connectivity index (χ4n) is 8.46. The Morgan fingerprint density at radius 3 is 1.75 bits per heavy atom. The third kappa shape index (κ3) is 4.98. The number of rotatable bonds is 5. The van der Waals surface area contributed by atoms with Gasteiger partial charge in [-0.15, -0.1) is 11.3 Å². The molecule has 4 aromatic heterocycles. The molecule has 0 aliphatic rings. The number of thiophene rings is 1. The number of aromatic nitrogens is 4. The van der Waals surface area contributed by atoms with Crippen LogP contribution in [-0.4, -0.2) is 19.5 Å². The summed E-state index contributed by atoms with van der Waals surface area (Å²) in [5.41, 5.74) is 10.3. The Kier molecular flexibility index (Phi) is 7.03. The van der Waals surface area contributed by atoms with Crippen molar-refractivity contribution in [2.24, 2.45) is 0 Å². The van der Waals surface area contributed by atoms with Gasteiger partial charge in [0.1, 0.15) is 11.2 Å². The van der Waals surface area contributed by atoms with Gasteiger partial charge in [-0.05, 0) is 48.0 Å². The predicted octanol–water partition coefficient (Wildman–Crippen LogP) is 13.9. The average molecular weight is 747 g/mol. The van der Waals surface area contributed by atoms with E-state index in [4.69, 9.17) is 19.4 Å². The molecule has 0 radical (unpaired) electrons. The molecule has 0 spiro atoms. The van der Waals surface area contributed by atoms with Crippen LogP contribution in [0.15, 0.2) is 186 Å². The third-order valence-electron chi connectivity index (χ3n) is 11.1. The van der Waals surface area contributed by atoms with Crippen LogP contribution in [0.4, 0.5) is 0 Å². The highest BCUT2D eigenvalue weighted by Gasteiger charge is 2.22. The molecule has 57 heavy (non-hydrogen) atoms. The number of para-hydroxylation sites is 3. The minimum Gasteiger partial charge on any atom is -0.455 e. The maximum absolute atomic E-state index is 6.53. The first-order valence-corrected chi connectivity index (χ1v) is 19.8. The summed E-state index contributed by atoms with van der Waals surface area (Å²) >= 11 is 1.81. The molecular formula is C51H30N4OS. The molecule has 0 fully saturated rings. The van der Waals surface area contributed by atoms with Crippen molar-refractivity contribution in [1.29, 1.82) is 0 Å². The second kappa shape index (κ2) is 12.6. The summed E-state index contributed by atoms with van der Waals surface area (Å²) in [5, 5.41) is 7.06. The Morgan fingerprint density at radius 1 is 0.404 bits per heavy atom. The van der Waals surface area contributed by atoms with Gasteiger partial charge in [0, 0.05) is 69.7 Å². The zero-order valence-electron chi connectivity index (χ0n) is 30.4.